The Morgan fingerprint density at radius 2 is 1.89 bits per heavy atom. The molecule has 10 heteroatoms. The number of aryl methyl sites for hydroxylation is 2. The molecule has 2 aromatic carbocycles. The first-order valence-electron chi connectivity index (χ1n) is 16.8. The molecule has 248 valence electrons. The average molecular weight is 633 g/mol. The normalized spacial score (nSPS) is 24.6. The van der Waals surface area contributed by atoms with Crippen LogP contribution in [0, 0.1) is 29.0 Å². The summed E-state index contributed by atoms with van der Waals surface area (Å²) in [6.07, 6.45) is 5.43. The molecule has 1 aromatic heterocycles. The van der Waals surface area contributed by atoms with Crippen LogP contribution in [0.4, 0.5) is 10.1 Å². The predicted octanol–water partition coefficient (Wildman–Crippen LogP) is 5.28. The third-order valence-electron chi connectivity index (χ3n) is 11.1. The number of nitrogens with one attached hydrogen (secondary N) is 1. The third-order valence-corrected chi connectivity index (χ3v) is 11.1. The fraction of sp³-hybridized carbons (Fsp3) is 0.583. The van der Waals surface area contributed by atoms with Gasteiger partial charge < -0.3 is 19.7 Å². The maximum absolute atomic E-state index is 14.5. The predicted molar refractivity (Wildman–Crippen MR) is 181 cm³/mol. The minimum Gasteiger partial charge on any atom is -0.497 e. The molecule has 4 aliphatic rings. The lowest BCUT2D eigenvalue weighted by molar-refractivity contribution is -0.108. The van der Waals surface area contributed by atoms with Gasteiger partial charge in [-0.3, -0.25) is 14.3 Å². The highest BCUT2D eigenvalue weighted by Gasteiger charge is 2.56. The highest BCUT2D eigenvalue weighted by Crippen LogP contribution is 2.61. The van der Waals surface area contributed by atoms with E-state index in [0.29, 0.717) is 58.5 Å². The van der Waals surface area contributed by atoms with E-state index >= 15 is 0 Å². The summed E-state index contributed by atoms with van der Waals surface area (Å²) in [6, 6.07) is 10.8. The second-order valence-electron chi connectivity index (χ2n) is 14.0. The molecule has 1 aliphatic heterocycles. The van der Waals surface area contributed by atoms with E-state index in [1.54, 1.807) is 30.1 Å². The van der Waals surface area contributed by atoms with E-state index in [4.69, 9.17) is 14.5 Å². The largest absolute Gasteiger partial charge is 0.497 e. The second kappa shape index (κ2) is 13.7. The molecule has 7 rings (SSSR count). The summed E-state index contributed by atoms with van der Waals surface area (Å²) in [7, 11) is 3.27. The molecule has 9 nitrogen and oxygen atoms in total. The molecule has 0 amide bonds. The van der Waals surface area contributed by atoms with Crippen LogP contribution in [0.1, 0.15) is 45.6 Å². The molecular weight excluding hydrogens is 583 g/mol. The molecule has 2 bridgehead atoms. The molecule has 3 aliphatic carbocycles. The first kappa shape index (κ1) is 32.4. The van der Waals surface area contributed by atoms with Crippen molar-refractivity contribution in [3.63, 3.8) is 0 Å². The summed E-state index contributed by atoms with van der Waals surface area (Å²) >= 11 is 0. The summed E-state index contributed by atoms with van der Waals surface area (Å²) in [5.74, 6) is 3.03. The zero-order chi connectivity index (χ0) is 32.4. The number of hydrogen-bond donors (Lipinski definition) is 1. The van der Waals surface area contributed by atoms with Gasteiger partial charge in [-0.05, 0) is 78.7 Å². The average Bonchev–Trinajstić information content (AvgIpc) is 3.05. The van der Waals surface area contributed by atoms with Crippen LogP contribution in [0.25, 0.3) is 10.9 Å². The van der Waals surface area contributed by atoms with Gasteiger partial charge in [0.05, 0.1) is 30.4 Å². The van der Waals surface area contributed by atoms with Crippen LogP contribution in [-0.4, -0.2) is 84.9 Å². The van der Waals surface area contributed by atoms with Crippen LogP contribution < -0.4 is 15.6 Å². The Labute approximate surface area is 271 Å². The Balaban J connectivity index is 1.19. The van der Waals surface area contributed by atoms with Crippen molar-refractivity contribution in [2.45, 2.75) is 59.0 Å². The number of hydrogen-bond acceptors (Lipinski definition) is 6. The molecule has 3 aromatic rings. The van der Waals surface area contributed by atoms with Crippen LogP contribution in [0.5, 0.6) is 5.75 Å². The maximum Gasteiger partial charge on any atom is 0.261 e. The quantitative estimate of drug-likeness (QED) is 0.185. The molecule has 1 N–H and O–H groups in total. The van der Waals surface area contributed by atoms with Crippen molar-refractivity contribution >= 4 is 22.5 Å². The van der Waals surface area contributed by atoms with E-state index in [9.17, 15) is 9.18 Å². The summed E-state index contributed by atoms with van der Waals surface area (Å²) < 4.78 is 26.4. The standard InChI is InChI=1S/C36H49FN6O3/c1-24-30-19-26(36(30,2)3)20-32(24)40-35(42-16-14-41(15-17-42)12-6-18-45-4)39-27-8-10-29-33(21-27)38-23-43(34(29)44)13-11-25-7-9-28(46-5)22-31(25)37/h7-10,21-24,26,30,32H,6,11-20H2,1-5H3,(H,39,40)/t24?,26-,30+,32?/m0/s1. The highest BCUT2D eigenvalue weighted by atomic mass is 19.1. The van der Waals surface area contributed by atoms with Crippen LogP contribution >= 0.6 is 0 Å². The number of benzene rings is 2. The van der Waals surface area contributed by atoms with Gasteiger partial charge in [-0.2, -0.15) is 0 Å². The van der Waals surface area contributed by atoms with Crippen molar-refractivity contribution in [1.29, 1.82) is 0 Å². The Morgan fingerprint density at radius 3 is 2.59 bits per heavy atom. The molecule has 3 saturated carbocycles. The molecule has 46 heavy (non-hydrogen) atoms. The van der Waals surface area contributed by atoms with Gasteiger partial charge in [-0.15, -0.1) is 0 Å². The summed E-state index contributed by atoms with van der Waals surface area (Å²) in [5.41, 5.74) is 2.29. The molecule has 0 spiro atoms. The van der Waals surface area contributed by atoms with Crippen LogP contribution in [0.2, 0.25) is 0 Å². The molecule has 0 radical (unpaired) electrons. The van der Waals surface area contributed by atoms with Gasteiger partial charge in [0.25, 0.3) is 5.56 Å². The van der Waals surface area contributed by atoms with Gasteiger partial charge in [0.1, 0.15) is 11.6 Å². The van der Waals surface area contributed by atoms with E-state index in [1.807, 2.05) is 18.2 Å². The van der Waals surface area contributed by atoms with Crippen molar-refractivity contribution in [3.8, 4) is 5.75 Å². The number of ether oxygens (including phenoxy) is 2. The van der Waals surface area contributed by atoms with Gasteiger partial charge in [0.2, 0.25) is 0 Å². The monoisotopic (exact) mass is 632 g/mol. The van der Waals surface area contributed by atoms with Crippen molar-refractivity contribution in [1.82, 2.24) is 19.4 Å². The Morgan fingerprint density at radius 1 is 1.09 bits per heavy atom. The number of aliphatic imine (C=N–C) groups is 1. The lowest BCUT2D eigenvalue weighted by Gasteiger charge is -2.61. The fourth-order valence-corrected chi connectivity index (χ4v) is 7.88. The van der Waals surface area contributed by atoms with Crippen LogP contribution in [0.3, 0.4) is 0 Å². The smallest absolute Gasteiger partial charge is 0.261 e. The molecule has 2 heterocycles. The van der Waals surface area contributed by atoms with E-state index < -0.39 is 0 Å². The zero-order valence-corrected chi connectivity index (χ0v) is 28.0. The number of fused-ring (bicyclic) bond motifs is 3. The number of piperazine rings is 1. The van der Waals surface area contributed by atoms with E-state index in [2.05, 4.69) is 40.9 Å². The summed E-state index contributed by atoms with van der Waals surface area (Å²) in [5, 5.41) is 4.20. The van der Waals surface area contributed by atoms with Crippen molar-refractivity contribution in [2.75, 3.05) is 58.9 Å². The Kier molecular flexibility index (Phi) is 9.66. The molecule has 4 fully saturated rings. The maximum atomic E-state index is 14.5. The SMILES string of the molecule is COCCCN1CCN(C(=NC2C[C@@H]3C[C@H](C2C)C3(C)C)Nc2ccc3c(=O)n(CCc4ccc(OC)cc4F)cnc3c2)CC1. The molecule has 4 atom stereocenters. The van der Waals surface area contributed by atoms with Crippen molar-refractivity contribution < 1.29 is 13.9 Å². The van der Waals surface area contributed by atoms with E-state index in [-0.39, 0.29) is 11.4 Å². The Hall–Kier alpha value is -3.50. The van der Waals surface area contributed by atoms with Gasteiger partial charge >= 0.3 is 0 Å². The van der Waals surface area contributed by atoms with Crippen molar-refractivity contribution in [3.05, 3.63) is 64.5 Å². The molecule has 2 unspecified atom stereocenters. The summed E-state index contributed by atoms with van der Waals surface area (Å²) in [6.45, 7) is 13.2. The number of anilines is 1. The lowest BCUT2D eigenvalue weighted by atomic mass is 9.45. The number of guanidine groups is 1. The third kappa shape index (κ3) is 6.65. The van der Waals surface area contributed by atoms with Gasteiger partial charge in [-0.1, -0.05) is 26.8 Å². The van der Waals surface area contributed by atoms with Gasteiger partial charge in [0, 0.05) is 64.7 Å². The highest BCUT2D eigenvalue weighted by molar-refractivity contribution is 5.96. The number of aromatic nitrogens is 2. The van der Waals surface area contributed by atoms with E-state index in [1.165, 1.54) is 19.6 Å². The number of methoxy groups -OCH3 is 2. The second-order valence-corrected chi connectivity index (χ2v) is 14.0. The van der Waals surface area contributed by atoms with Gasteiger partial charge in [-0.25, -0.2) is 14.4 Å². The van der Waals surface area contributed by atoms with Crippen molar-refractivity contribution in [2.24, 2.45) is 28.2 Å². The van der Waals surface area contributed by atoms with Crippen LogP contribution in [0.15, 0.2) is 52.5 Å². The number of rotatable bonds is 10. The Bertz CT molecular complexity index is 1620. The van der Waals surface area contributed by atoms with E-state index in [0.717, 1.165) is 69.7 Å². The molecule has 1 saturated heterocycles. The fourth-order valence-electron chi connectivity index (χ4n) is 7.88. The molecular formula is C36H49FN6O3. The first-order chi connectivity index (χ1) is 22.2. The minimum absolute atomic E-state index is 0.137. The summed E-state index contributed by atoms with van der Waals surface area (Å²) in [4.78, 5) is 28.3. The van der Waals surface area contributed by atoms with Gasteiger partial charge in [0.15, 0.2) is 5.96 Å². The lowest BCUT2D eigenvalue weighted by Crippen LogP contribution is -2.57. The zero-order valence-electron chi connectivity index (χ0n) is 28.0. The first-order valence-corrected chi connectivity index (χ1v) is 16.8. The minimum atomic E-state index is -0.342. The topological polar surface area (TPSA) is 84.2 Å². The number of halogens is 1. The number of nitrogens with zero attached hydrogens (tertiary/aromatic N) is 5. The van der Waals surface area contributed by atoms with Crippen LogP contribution in [-0.2, 0) is 17.7 Å².